The van der Waals surface area contributed by atoms with E-state index in [9.17, 15) is 0 Å². The zero-order valence-electron chi connectivity index (χ0n) is 7.97. The van der Waals surface area contributed by atoms with Crippen LogP contribution in [0.25, 0.3) is 0 Å². The smallest absolute Gasteiger partial charge is 0.0658 e. The highest BCUT2D eigenvalue weighted by molar-refractivity contribution is 4.92. The number of unbranched alkanes of at least 4 members (excludes halogenated alkanes) is 2. The average molecular weight is 170 g/mol. The summed E-state index contributed by atoms with van der Waals surface area (Å²) < 4.78 is 0. The van der Waals surface area contributed by atoms with E-state index >= 15 is 0 Å². The van der Waals surface area contributed by atoms with Crippen LogP contribution < -0.4 is 5.32 Å². The molecule has 0 aromatic heterocycles. The van der Waals surface area contributed by atoms with Gasteiger partial charge in [0.25, 0.3) is 0 Å². The van der Waals surface area contributed by atoms with Gasteiger partial charge in [0.15, 0.2) is 0 Å². The number of rotatable bonds is 8. The first kappa shape index (κ1) is 11.7. The van der Waals surface area contributed by atoms with Crippen LogP contribution in [-0.2, 0) is 0 Å². The number of hydrogen-bond acceptors (Lipinski definition) is 2. The van der Waals surface area contributed by atoms with Crippen molar-refractivity contribution in [3.63, 3.8) is 0 Å². The molecule has 0 aromatic carbocycles. The molecular weight excluding hydrogens is 150 g/mol. The van der Waals surface area contributed by atoms with Gasteiger partial charge in [-0.2, -0.15) is 0 Å². The molecular formula is C10H20NO. The average Bonchev–Trinajstić information content (AvgIpc) is 2.10. The molecule has 0 aliphatic heterocycles. The summed E-state index contributed by atoms with van der Waals surface area (Å²) in [4.78, 5) is 0. The fourth-order valence-corrected chi connectivity index (χ4v) is 1.01. The predicted octanol–water partition coefficient (Wildman–Crippen LogP) is 1.87. The minimum atomic E-state index is 0.123. The molecule has 0 aromatic rings. The lowest BCUT2D eigenvalue weighted by molar-refractivity contribution is 0.289. The zero-order chi connectivity index (χ0) is 9.23. The van der Waals surface area contributed by atoms with Crippen LogP contribution in [-0.4, -0.2) is 18.3 Å². The molecule has 0 saturated carbocycles. The van der Waals surface area contributed by atoms with E-state index in [0.29, 0.717) is 0 Å². The van der Waals surface area contributed by atoms with Crippen LogP contribution in [0, 0.1) is 6.04 Å². The third-order valence-corrected chi connectivity index (χ3v) is 1.74. The van der Waals surface area contributed by atoms with E-state index in [2.05, 4.69) is 18.8 Å². The summed E-state index contributed by atoms with van der Waals surface area (Å²) in [7, 11) is 0. The van der Waals surface area contributed by atoms with Crippen molar-refractivity contribution in [3.05, 3.63) is 18.7 Å². The Morgan fingerprint density at radius 3 is 2.75 bits per heavy atom. The Labute approximate surface area is 75.7 Å². The van der Waals surface area contributed by atoms with Crippen molar-refractivity contribution in [2.24, 2.45) is 0 Å². The van der Waals surface area contributed by atoms with Crippen molar-refractivity contribution in [2.75, 3.05) is 13.2 Å². The van der Waals surface area contributed by atoms with Crippen molar-refractivity contribution in [2.45, 2.75) is 32.6 Å². The van der Waals surface area contributed by atoms with Gasteiger partial charge in [0.2, 0.25) is 0 Å². The predicted molar refractivity (Wildman–Crippen MR) is 52.7 cm³/mol. The summed E-state index contributed by atoms with van der Waals surface area (Å²) in [5, 5.41) is 12.1. The largest absolute Gasteiger partial charge is 0.394 e. The summed E-state index contributed by atoms with van der Waals surface area (Å²) in [6.07, 6.45) is 6.23. The molecule has 1 radical (unpaired) electrons. The summed E-state index contributed by atoms with van der Waals surface area (Å²) in [5.74, 6) is 0. The number of aliphatic hydroxyl groups is 1. The monoisotopic (exact) mass is 170 g/mol. The van der Waals surface area contributed by atoms with E-state index in [1.165, 1.54) is 19.3 Å². The maximum absolute atomic E-state index is 8.87. The van der Waals surface area contributed by atoms with Gasteiger partial charge in [-0.1, -0.05) is 25.8 Å². The number of nitrogens with one attached hydrogen (secondary N) is 1. The van der Waals surface area contributed by atoms with Crippen molar-refractivity contribution in [1.82, 2.24) is 5.32 Å². The quantitative estimate of drug-likeness (QED) is 0.430. The molecule has 0 rings (SSSR count). The standard InChI is InChI=1S/C10H20NO/c1-3-5-6-8-11-10(9-12)7-4-2/h4,11-12H,2-3,5-9H2,1H3. The molecule has 0 fully saturated rings. The summed E-state index contributed by atoms with van der Waals surface area (Å²) in [5.41, 5.74) is 0. The zero-order valence-corrected chi connectivity index (χ0v) is 7.97. The Morgan fingerprint density at radius 2 is 2.25 bits per heavy atom. The van der Waals surface area contributed by atoms with Crippen molar-refractivity contribution < 1.29 is 5.11 Å². The second-order valence-electron chi connectivity index (χ2n) is 2.89. The molecule has 0 spiro atoms. The van der Waals surface area contributed by atoms with Crippen LogP contribution in [0.15, 0.2) is 12.7 Å². The van der Waals surface area contributed by atoms with Crippen LogP contribution >= 0.6 is 0 Å². The number of aliphatic hydroxyl groups excluding tert-OH is 1. The van der Waals surface area contributed by atoms with E-state index < -0.39 is 0 Å². The van der Waals surface area contributed by atoms with Gasteiger partial charge in [-0.15, -0.1) is 6.58 Å². The van der Waals surface area contributed by atoms with E-state index in [-0.39, 0.29) is 6.61 Å². The molecule has 0 saturated heterocycles. The minimum Gasteiger partial charge on any atom is -0.394 e. The molecule has 0 aliphatic carbocycles. The van der Waals surface area contributed by atoms with Gasteiger partial charge in [0.05, 0.1) is 12.6 Å². The second-order valence-corrected chi connectivity index (χ2v) is 2.89. The van der Waals surface area contributed by atoms with Crippen molar-refractivity contribution in [1.29, 1.82) is 0 Å². The lowest BCUT2D eigenvalue weighted by Crippen LogP contribution is -2.24. The normalized spacial score (nSPS) is 10.6. The highest BCUT2D eigenvalue weighted by Gasteiger charge is 2.03. The Hall–Kier alpha value is -0.340. The Balaban J connectivity index is 3.25. The Kier molecular flexibility index (Phi) is 8.51. The Morgan fingerprint density at radius 1 is 1.50 bits per heavy atom. The van der Waals surface area contributed by atoms with Gasteiger partial charge >= 0.3 is 0 Å². The summed E-state index contributed by atoms with van der Waals surface area (Å²) in [6, 6.07) is 0.973. The van der Waals surface area contributed by atoms with Crippen LogP contribution in [0.3, 0.4) is 0 Å². The molecule has 0 heterocycles. The second kappa shape index (κ2) is 8.75. The lowest BCUT2D eigenvalue weighted by atomic mass is 10.2. The van der Waals surface area contributed by atoms with E-state index in [1.807, 2.05) is 0 Å². The first-order valence-corrected chi connectivity index (χ1v) is 4.65. The van der Waals surface area contributed by atoms with Gasteiger partial charge in [0.1, 0.15) is 0 Å². The fourth-order valence-electron chi connectivity index (χ4n) is 1.01. The molecule has 12 heavy (non-hydrogen) atoms. The van der Waals surface area contributed by atoms with Crippen LogP contribution in [0.2, 0.25) is 0 Å². The third-order valence-electron chi connectivity index (χ3n) is 1.74. The topological polar surface area (TPSA) is 32.3 Å². The SMILES string of the molecule is C=CC[C](CO)NCCCCC. The molecule has 0 bridgehead atoms. The molecule has 0 atom stereocenters. The summed E-state index contributed by atoms with van der Waals surface area (Å²) in [6.45, 7) is 6.89. The molecule has 0 amide bonds. The van der Waals surface area contributed by atoms with Gasteiger partial charge in [-0.25, -0.2) is 0 Å². The molecule has 0 unspecified atom stereocenters. The molecule has 2 heteroatoms. The first-order valence-electron chi connectivity index (χ1n) is 4.65. The van der Waals surface area contributed by atoms with E-state index in [0.717, 1.165) is 19.0 Å². The van der Waals surface area contributed by atoms with E-state index in [1.54, 1.807) is 6.08 Å². The third kappa shape index (κ3) is 6.38. The first-order chi connectivity index (χ1) is 5.85. The summed E-state index contributed by atoms with van der Waals surface area (Å²) >= 11 is 0. The van der Waals surface area contributed by atoms with Gasteiger partial charge in [-0.3, -0.25) is 0 Å². The maximum atomic E-state index is 8.87. The molecule has 2 nitrogen and oxygen atoms in total. The highest BCUT2D eigenvalue weighted by atomic mass is 16.3. The van der Waals surface area contributed by atoms with Crippen LogP contribution in [0.4, 0.5) is 0 Å². The molecule has 0 aliphatic rings. The van der Waals surface area contributed by atoms with Gasteiger partial charge in [0, 0.05) is 0 Å². The maximum Gasteiger partial charge on any atom is 0.0658 e. The van der Waals surface area contributed by atoms with Gasteiger partial charge in [-0.05, 0) is 19.4 Å². The van der Waals surface area contributed by atoms with Crippen LogP contribution in [0.5, 0.6) is 0 Å². The fraction of sp³-hybridized carbons (Fsp3) is 0.700. The highest BCUT2D eigenvalue weighted by Crippen LogP contribution is 2.01. The molecule has 2 N–H and O–H groups in total. The molecule has 71 valence electrons. The van der Waals surface area contributed by atoms with Crippen molar-refractivity contribution in [3.8, 4) is 0 Å². The Bertz CT molecular complexity index is 104. The van der Waals surface area contributed by atoms with Crippen molar-refractivity contribution >= 4 is 0 Å². The van der Waals surface area contributed by atoms with E-state index in [4.69, 9.17) is 5.11 Å². The van der Waals surface area contributed by atoms with Gasteiger partial charge < -0.3 is 10.4 Å². The minimum absolute atomic E-state index is 0.123. The number of hydrogen-bond donors (Lipinski definition) is 2. The van der Waals surface area contributed by atoms with Crippen LogP contribution in [0.1, 0.15) is 32.6 Å². The lowest BCUT2D eigenvalue weighted by Gasteiger charge is -2.12.